The van der Waals surface area contributed by atoms with E-state index in [0.717, 1.165) is 43.6 Å². The zero-order valence-corrected chi connectivity index (χ0v) is 21.3. The largest absolute Gasteiger partial charge is 0.356 e. The third-order valence-corrected chi connectivity index (χ3v) is 5.62. The van der Waals surface area contributed by atoms with Gasteiger partial charge in [0.2, 0.25) is 0 Å². The van der Waals surface area contributed by atoms with Gasteiger partial charge in [-0.2, -0.15) is 0 Å². The van der Waals surface area contributed by atoms with Gasteiger partial charge in [-0.15, -0.1) is 45.9 Å². The van der Waals surface area contributed by atoms with Crippen LogP contribution in [0.15, 0.2) is 70.8 Å². The number of aryl methyl sites for hydroxylation is 2. The third kappa shape index (κ3) is 8.90. The van der Waals surface area contributed by atoms with Crippen LogP contribution in [0.5, 0.6) is 0 Å². The summed E-state index contributed by atoms with van der Waals surface area (Å²) in [5.41, 5.74) is 2.46. The Balaban J connectivity index is 0.00000341. The molecule has 0 amide bonds. The van der Waals surface area contributed by atoms with Crippen molar-refractivity contribution in [3.63, 3.8) is 0 Å². The lowest BCUT2D eigenvalue weighted by atomic mass is 10.1. The van der Waals surface area contributed by atoms with E-state index in [0.29, 0.717) is 6.54 Å². The van der Waals surface area contributed by atoms with Crippen LogP contribution < -0.4 is 10.6 Å². The van der Waals surface area contributed by atoms with Crippen LogP contribution in [-0.2, 0) is 19.5 Å². The van der Waals surface area contributed by atoms with Gasteiger partial charge in [-0.3, -0.25) is 0 Å². The minimum Gasteiger partial charge on any atom is -0.356 e. The number of aromatic nitrogens is 3. The smallest absolute Gasteiger partial charge is 0.191 e. The summed E-state index contributed by atoms with van der Waals surface area (Å²) in [5.74, 6) is 2.80. The van der Waals surface area contributed by atoms with E-state index < -0.39 is 0 Å². The van der Waals surface area contributed by atoms with E-state index in [2.05, 4.69) is 87.8 Å². The van der Waals surface area contributed by atoms with E-state index in [-0.39, 0.29) is 24.0 Å². The number of rotatable bonds is 10. The topological polar surface area (TPSA) is 67.1 Å². The van der Waals surface area contributed by atoms with Crippen LogP contribution in [0.3, 0.4) is 0 Å². The molecule has 0 fully saturated rings. The molecule has 0 saturated heterocycles. The van der Waals surface area contributed by atoms with Crippen molar-refractivity contribution in [3.8, 4) is 0 Å². The molecule has 0 radical (unpaired) electrons. The Labute approximate surface area is 206 Å². The Kier molecular flexibility index (Phi) is 11.4. The molecule has 1 aromatic heterocycles. The molecule has 6 nitrogen and oxygen atoms in total. The van der Waals surface area contributed by atoms with Crippen molar-refractivity contribution in [3.05, 3.63) is 77.9 Å². The summed E-state index contributed by atoms with van der Waals surface area (Å²) in [5, 5.41) is 15.0. The summed E-state index contributed by atoms with van der Waals surface area (Å²) in [6, 6.07) is 19.0. The standard InChI is InChI=1S/C23H30N6S.HI/c1-3-22-28-27-18-29(22)15-13-24-23(26-17-20-11-9-19(2)10-12-20)25-14-16-30-21-7-5-4-6-8-21;/h4-12,18H,3,13-17H2,1-2H3,(H2,24,25,26);1H. The Hall–Kier alpha value is -2.07. The second-order valence-corrected chi connectivity index (χ2v) is 8.13. The van der Waals surface area contributed by atoms with Crippen molar-refractivity contribution in [1.82, 2.24) is 25.4 Å². The van der Waals surface area contributed by atoms with Crippen LogP contribution >= 0.6 is 35.7 Å². The first-order valence-electron chi connectivity index (χ1n) is 10.4. The summed E-state index contributed by atoms with van der Waals surface area (Å²) in [6.45, 7) is 7.24. The fourth-order valence-electron chi connectivity index (χ4n) is 2.93. The van der Waals surface area contributed by atoms with E-state index in [9.17, 15) is 0 Å². The molecule has 1 heterocycles. The first kappa shape index (κ1) is 25.2. The second-order valence-electron chi connectivity index (χ2n) is 6.96. The highest BCUT2D eigenvalue weighted by Crippen LogP contribution is 2.15. The van der Waals surface area contributed by atoms with Crippen molar-refractivity contribution in [2.24, 2.45) is 4.99 Å². The van der Waals surface area contributed by atoms with E-state index in [1.165, 1.54) is 16.0 Å². The lowest BCUT2D eigenvalue weighted by Gasteiger charge is -2.13. The predicted octanol–water partition coefficient (Wildman–Crippen LogP) is 4.29. The first-order valence-corrected chi connectivity index (χ1v) is 11.4. The SMILES string of the molecule is CCc1nncn1CCNC(=NCc1ccc(C)cc1)NCCSc1ccccc1.I. The van der Waals surface area contributed by atoms with Crippen molar-refractivity contribution in [2.45, 2.75) is 38.3 Å². The summed E-state index contributed by atoms with van der Waals surface area (Å²) in [6.07, 6.45) is 2.66. The van der Waals surface area contributed by atoms with Crippen LogP contribution in [-0.4, -0.2) is 39.6 Å². The van der Waals surface area contributed by atoms with Crippen molar-refractivity contribution < 1.29 is 0 Å². The molecule has 3 rings (SSSR count). The Morgan fingerprint density at radius 1 is 1.03 bits per heavy atom. The first-order chi connectivity index (χ1) is 14.7. The number of nitrogens with zero attached hydrogens (tertiary/aromatic N) is 4. The highest BCUT2D eigenvalue weighted by Gasteiger charge is 2.03. The fraction of sp³-hybridized carbons (Fsp3) is 0.348. The summed E-state index contributed by atoms with van der Waals surface area (Å²) >= 11 is 1.84. The average molecular weight is 551 g/mol. The molecule has 0 saturated carbocycles. The third-order valence-electron chi connectivity index (χ3n) is 4.60. The molecule has 0 spiro atoms. The lowest BCUT2D eigenvalue weighted by molar-refractivity contribution is 0.633. The molecule has 2 N–H and O–H groups in total. The van der Waals surface area contributed by atoms with Crippen molar-refractivity contribution >= 4 is 41.7 Å². The highest BCUT2D eigenvalue weighted by molar-refractivity contribution is 14.0. The van der Waals surface area contributed by atoms with Gasteiger partial charge in [0, 0.05) is 36.7 Å². The molecule has 31 heavy (non-hydrogen) atoms. The maximum absolute atomic E-state index is 4.77. The molecule has 0 aliphatic carbocycles. The zero-order valence-electron chi connectivity index (χ0n) is 18.1. The maximum Gasteiger partial charge on any atom is 0.191 e. The molecule has 8 heteroatoms. The maximum atomic E-state index is 4.77. The number of guanidine groups is 1. The quantitative estimate of drug-likeness (QED) is 0.130. The van der Waals surface area contributed by atoms with E-state index in [1.54, 1.807) is 6.33 Å². The van der Waals surface area contributed by atoms with Gasteiger partial charge in [-0.05, 0) is 24.6 Å². The van der Waals surface area contributed by atoms with Crippen LogP contribution in [0.1, 0.15) is 23.9 Å². The Bertz CT molecular complexity index is 911. The van der Waals surface area contributed by atoms with Crippen molar-refractivity contribution in [1.29, 1.82) is 0 Å². The molecule has 0 unspecified atom stereocenters. The molecule has 2 aromatic carbocycles. The summed E-state index contributed by atoms with van der Waals surface area (Å²) < 4.78 is 2.08. The van der Waals surface area contributed by atoms with Crippen LogP contribution in [0.4, 0.5) is 0 Å². The van der Waals surface area contributed by atoms with E-state index in [1.807, 2.05) is 17.8 Å². The second kappa shape index (κ2) is 14.1. The van der Waals surface area contributed by atoms with Crippen molar-refractivity contribution in [2.75, 3.05) is 18.8 Å². The highest BCUT2D eigenvalue weighted by atomic mass is 127. The number of benzene rings is 2. The number of hydrogen-bond acceptors (Lipinski definition) is 4. The number of halogens is 1. The molecule has 3 aromatic rings. The molecule has 0 aliphatic heterocycles. The van der Waals surface area contributed by atoms with Gasteiger partial charge in [0.25, 0.3) is 0 Å². The summed E-state index contributed by atoms with van der Waals surface area (Å²) in [7, 11) is 0. The molecule has 166 valence electrons. The van der Waals surface area contributed by atoms with Crippen LogP contribution in [0.25, 0.3) is 0 Å². The molecule has 0 atom stereocenters. The molecule has 0 aliphatic rings. The Morgan fingerprint density at radius 3 is 2.52 bits per heavy atom. The zero-order chi connectivity index (χ0) is 21.0. The monoisotopic (exact) mass is 550 g/mol. The Morgan fingerprint density at radius 2 is 1.77 bits per heavy atom. The van der Waals surface area contributed by atoms with Gasteiger partial charge in [0.05, 0.1) is 6.54 Å². The lowest BCUT2D eigenvalue weighted by Crippen LogP contribution is -2.40. The van der Waals surface area contributed by atoms with Gasteiger partial charge >= 0.3 is 0 Å². The minimum absolute atomic E-state index is 0. The predicted molar refractivity (Wildman–Crippen MR) is 140 cm³/mol. The number of hydrogen-bond donors (Lipinski definition) is 2. The average Bonchev–Trinajstić information content (AvgIpc) is 3.24. The van der Waals surface area contributed by atoms with Gasteiger partial charge in [0.1, 0.15) is 12.2 Å². The summed E-state index contributed by atoms with van der Waals surface area (Å²) in [4.78, 5) is 6.06. The van der Waals surface area contributed by atoms with Gasteiger partial charge in [-0.1, -0.05) is 55.0 Å². The minimum atomic E-state index is 0. The van der Waals surface area contributed by atoms with Gasteiger partial charge in [-0.25, -0.2) is 4.99 Å². The molecular formula is C23H31IN6S. The normalized spacial score (nSPS) is 11.1. The molecule has 0 bridgehead atoms. The van der Waals surface area contributed by atoms with Gasteiger partial charge in [0.15, 0.2) is 5.96 Å². The number of thioether (sulfide) groups is 1. The van der Waals surface area contributed by atoms with E-state index >= 15 is 0 Å². The van der Waals surface area contributed by atoms with E-state index in [4.69, 9.17) is 4.99 Å². The fourth-order valence-corrected chi connectivity index (χ4v) is 3.72. The van der Waals surface area contributed by atoms with Crippen LogP contribution in [0, 0.1) is 6.92 Å². The number of aliphatic imine (C=N–C) groups is 1. The molecular weight excluding hydrogens is 519 g/mol. The van der Waals surface area contributed by atoms with Crippen LogP contribution in [0.2, 0.25) is 0 Å². The number of nitrogens with one attached hydrogen (secondary N) is 2. The van der Waals surface area contributed by atoms with Gasteiger partial charge < -0.3 is 15.2 Å².